The third kappa shape index (κ3) is 1.77. The summed E-state index contributed by atoms with van der Waals surface area (Å²) >= 11 is 0. The summed E-state index contributed by atoms with van der Waals surface area (Å²) in [7, 11) is 0. The van der Waals surface area contributed by atoms with Crippen molar-refractivity contribution in [1.82, 2.24) is 4.68 Å². The summed E-state index contributed by atoms with van der Waals surface area (Å²) in [6, 6.07) is 5.84. The van der Waals surface area contributed by atoms with Crippen LogP contribution in [-0.2, 0) is 4.74 Å². The molecule has 0 aromatic carbocycles. The number of nitrogens with zero attached hydrogens (tertiary/aromatic N) is 3. The maximum absolute atomic E-state index is 9.30. The highest BCUT2D eigenvalue weighted by molar-refractivity contribution is 5.96. The van der Waals surface area contributed by atoms with Crippen LogP contribution in [-0.4, -0.2) is 34.5 Å². The normalized spacial score (nSPS) is 29.3. The molecule has 2 atom stereocenters. The summed E-state index contributed by atoms with van der Waals surface area (Å²) in [5.41, 5.74) is 9.54. The third-order valence-electron chi connectivity index (χ3n) is 3.62. The number of fused-ring (bicyclic) bond motifs is 1. The molecule has 1 aromatic heterocycles. The molecule has 0 radical (unpaired) electrons. The number of aliphatic hydroxyl groups excluding tert-OH is 1. The van der Waals surface area contributed by atoms with Gasteiger partial charge in [0, 0.05) is 0 Å². The number of rotatable bonds is 2. The van der Waals surface area contributed by atoms with Crippen LogP contribution in [0.25, 0.3) is 0 Å². The molecule has 2 aliphatic rings. The Hall–Kier alpha value is -2.04. The van der Waals surface area contributed by atoms with Gasteiger partial charge in [-0.15, -0.1) is 0 Å². The van der Waals surface area contributed by atoms with Gasteiger partial charge in [0.05, 0.1) is 12.3 Å². The Balaban J connectivity index is 1.90. The highest BCUT2D eigenvalue weighted by Crippen LogP contribution is 2.39. The fourth-order valence-corrected chi connectivity index (χ4v) is 2.55. The van der Waals surface area contributed by atoms with Crippen molar-refractivity contribution < 1.29 is 9.84 Å². The minimum Gasteiger partial charge on any atom is -0.392 e. The Morgan fingerprint density at radius 3 is 3.21 bits per heavy atom. The number of amidine groups is 1. The highest BCUT2D eigenvalue weighted by Gasteiger charge is 2.42. The van der Waals surface area contributed by atoms with E-state index < -0.39 is 5.60 Å². The lowest BCUT2D eigenvalue weighted by molar-refractivity contribution is -0.0389. The van der Waals surface area contributed by atoms with Gasteiger partial charge in [-0.1, -0.05) is 0 Å². The molecule has 3 rings (SSSR count). The second-order valence-corrected chi connectivity index (χ2v) is 4.75. The van der Waals surface area contributed by atoms with Crippen molar-refractivity contribution in [3.05, 3.63) is 23.5 Å². The van der Waals surface area contributed by atoms with E-state index in [9.17, 15) is 5.11 Å². The molecule has 3 heterocycles. The largest absolute Gasteiger partial charge is 0.392 e. The summed E-state index contributed by atoms with van der Waals surface area (Å²) in [5.74, 6) is 0.483. The Morgan fingerprint density at radius 1 is 1.68 bits per heavy atom. The van der Waals surface area contributed by atoms with Gasteiger partial charge in [-0.2, -0.15) is 5.26 Å². The number of ether oxygens (including phenoxy) is 1. The molecule has 4 N–H and O–H groups in total. The number of nitriles is 1. The maximum Gasteiger partial charge on any atom is 0.177 e. The van der Waals surface area contributed by atoms with Crippen molar-refractivity contribution in [2.45, 2.75) is 24.5 Å². The fraction of sp³-hybridized carbons (Fsp3) is 0.500. The quantitative estimate of drug-likeness (QED) is 0.684. The van der Waals surface area contributed by atoms with Crippen LogP contribution in [0.15, 0.2) is 17.1 Å². The standard InChI is InChI=1S/C12H15N5O2/c13-5-12(6-18)4-3-10(19-12)8-1-2-9-11(14)15-7-16-17(8)9/h1-2,10,16,18H,3-4,6-7H2,(H2,14,15). The van der Waals surface area contributed by atoms with Crippen LogP contribution >= 0.6 is 0 Å². The number of aliphatic imine (C=N–C) groups is 1. The van der Waals surface area contributed by atoms with Crippen molar-refractivity contribution in [1.29, 1.82) is 5.26 Å². The van der Waals surface area contributed by atoms with Gasteiger partial charge in [-0.25, -0.2) is 4.99 Å². The monoisotopic (exact) mass is 261 g/mol. The second-order valence-electron chi connectivity index (χ2n) is 4.75. The molecule has 2 aliphatic heterocycles. The fourth-order valence-electron chi connectivity index (χ4n) is 2.55. The van der Waals surface area contributed by atoms with E-state index >= 15 is 0 Å². The molecule has 0 bridgehead atoms. The van der Waals surface area contributed by atoms with Gasteiger partial charge >= 0.3 is 0 Å². The van der Waals surface area contributed by atoms with Crippen molar-refractivity contribution in [3.63, 3.8) is 0 Å². The number of aliphatic hydroxyl groups is 1. The Morgan fingerprint density at radius 2 is 2.53 bits per heavy atom. The van der Waals surface area contributed by atoms with E-state index in [0.29, 0.717) is 25.3 Å². The average Bonchev–Trinajstić information content (AvgIpc) is 3.03. The van der Waals surface area contributed by atoms with E-state index in [0.717, 1.165) is 11.4 Å². The first-order valence-electron chi connectivity index (χ1n) is 6.15. The van der Waals surface area contributed by atoms with Crippen LogP contribution < -0.4 is 11.2 Å². The third-order valence-corrected chi connectivity index (χ3v) is 3.62. The maximum atomic E-state index is 9.30. The average molecular weight is 261 g/mol. The van der Waals surface area contributed by atoms with Gasteiger partial charge in [-0.3, -0.25) is 4.68 Å². The highest BCUT2D eigenvalue weighted by atomic mass is 16.5. The predicted octanol–water partition coefficient (Wildman–Crippen LogP) is -0.186. The topological polar surface area (TPSA) is 109 Å². The number of nitrogens with one attached hydrogen (secondary N) is 1. The van der Waals surface area contributed by atoms with E-state index in [2.05, 4.69) is 16.5 Å². The minimum absolute atomic E-state index is 0.223. The smallest absolute Gasteiger partial charge is 0.177 e. The van der Waals surface area contributed by atoms with Crippen LogP contribution in [0.3, 0.4) is 0 Å². The molecule has 19 heavy (non-hydrogen) atoms. The molecule has 100 valence electrons. The number of hydrogen-bond acceptors (Lipinski definition) is 6. The number of hydrogen-bond donors (Lipinski definition) is 3. The van der Waals surface area contributed by atoms with E-state index in [-0.39, 0.29) is 12.7 Å². The number of nitrogens with two attached hydrogens (primary N) is 1. The van der Waals surface area contributed by atoms with Crippen molar-refractivity contribution in [3.8, 4) is 6.07 Å². The van der Waals surface area contributed by atoms with Crippen molar-refractivity contribution >= 4 is 5.84 Å². The van der Waals surface area contributed by atoms with E-state index in [1.54, 1.807) is 0 Å². The number of aromatic nitrogens is 1. The molecule has 1 fully saturated rings. The molecule has 7 heteroatoms. The summed E-state index contributed by atoms with van der Waals surface area (Å²) < 4.78 is 7.59. The molecule has 0 amide bonds. The van der Waals surface area contributed by atoms with E-state index in [4.69, 9.17) is 15.7 Å². The second kappa shape index (κ2) is 4.26. The molecular formula is C12H15N5O2. The molecule has 0 aliphatic carbocycles. The molecule has 7 nitrogen and oxygen atoms in total. The van der Waals surface area contributed by atoms with Crippen LogP contribution in [0.1, 0.15) is 30.3 Å². The Kier molecular flexibility index (Phi) is 2.69. The van der Waals surface area contributed by atoms with Gasteiger partial charge < -0.3 is 21.0 Å². The van der Waals surface area contributed by atoms with E-state index in [1.165, 1.54) is 0 Å². The first-order chi connectivity index (χ1) is 9.19. The van der Waals surface area contributed by atoms with Crippen LogP contribution in [0.5, 0.6) is 0 Å². The van der Waals surface area contributed by atoms with Gasteiger partial charge in [-0.05, 0) is 25.0 Å². The summed E-state index contributed by atoms with van der Waals surface area (Å²) in [5, 5.41) is 18.4. The SMILES string of the molecule is N#CC1(CO)CCC(c2ccc3n2NCN=C3N)O1. The van der Waals surface area contributed by atoms with Gasteiger partial charge in [0.2, 0.25) is 0 Å². The summed E-state index contributed by atoms with van der Waals surface area (Å²) in [6.45, 7) is 0.126. The molecular weight excluding hydrogens is 246 g/mol. The van der Waals surface area contributed by atoms with Gasteiger partial charge in [0.1, 0.15) is 30.4 Å². The Labute approximate surface area is 110 Å². The molecule has 2 unspecified atom stereocenters. The lowest BCUT2D eigenvalue weighted by Gasteiger charge is -2.23. The van der Waals surface area contributed by atoms with Crippen molar-refractivity contribution in [2.75, 3.05) is 18.7 Å². The zero-order valence-corrected chi connectivity index (χ0v) is 10.3. The lowest BCUT2D eigenvalue weighted by atomic mass is 10.0. The van der Waals surface area contributed by atoms with Gasteiger partial charge in [0.25, 0.3) is 0 Å². The molecule has 1 aromatic rings. The zero-order chi connectivity index (χ0) is 13.5. The van der Waals surface area contributed by atoms with Crippen molar-refractivity contribution in [2.24, 2.45) is 10.7 Å². The Bertz CT molecular complexity index is 573. The minimum atomic E-state index is -1.08. The first kappa shape index (κ1) is 12.0. The molecule has 0 saturated carbocycles. The molecule has 1 saturated heterocycles. The molecule has 0 spiro atoms. The lowest BCUT2D eigenvalue weighted by Crippen LogP contribution is -2.33. The van der Waals surface area contributed by atoms with E-state index in [1.807, 2.05) is 16.8 Å². The van der Waals surface area contributed by atoms with Gasteiger partial charge in [0.15, 0.2) is 5.60 Å². The zero-order valence-electron chi connectivity index (χ0n) is 10.3. The van der Waals surface area contributed by atoms with Crippen LogP contribution in [0.2, 0.25) is 0 Å². The van der Waals surface area contributed by atoms with Crippen LogP contribution in [0, 0.1) is 11.3 Å². The summed E-state index contributed by atoms with van der Waals surface area (Å²) in [6.07, 6.45) is 0.990. The predicted molar refractivity (Wildman–Crippen MR) is 67.9 cm³/mol. The first-order valence-corrected chi connectivity index (χ1v) is 6.15. The van der Waals surface area contributed by atoms with Crippen LogP contribution in [0.4, 0.5) is 0 Å². The summed E-state index contributed by atoms with van der Waals surface area (Å²) in [4.78, 5) is 4.10.